The average molecular weight is 340 g/mol. The Morgan fingerprint density at radius 1 is 1.04 bits per heavy atom. The lowest BCUT2D eigenvalue weighted by molar-refractivity contribution is 0.152. The number of aryl methyl sites for hydroxylation is 1. The van der Waals surface area contributed by atoms with Crippen molar-refractivity contribution < 1.29 is 0 Å². The summed E-state index contributed by atoms with van der Waals surface area (Å²) in [6, 6.07) is 8.27. The number of aromatic nitrogens is 2. The Balaban J connectivity index is 1.74. The molecule has 1 saturated carbocycles. The summed E-state index contributed by atoms with van der Waals surface area (Å²) < 4.78 is 1.58. The first-order valence-electron chi connectivity index (χ1n) is 9.06. The van der Waals surface area contributed by atoms with Crippen LogP contribution in [0.25, 0.3) is 5.69 Å². The van der Waals surface area contributed by atoms with Crippen LogP contribution >= 0.6 is 0 Å². The lowest BCUT2D eigenvalue weighted by atomic mass is 9.94. The molecule has 1 aromatic heterocycles. The van der Waals surface area contributed by atoms with Gasteiger partial charge in [-0.25, -0.2) is 9.36 Å². The monoisotopic (exact) mass is 340 g/mol. The van der Waals surface area contributed by atoms with Crippen molar-refractivity contribution in [2.75, 3.05) is 12.0 Å². The highest BCUT2D eigenvalue weighted by Crippen LogP contribution is 2.28. The number of aromatic amines is 1. The number of H-pyrrole nitrogens is 1. The minimum Gasteiger partial charge on any atom is -0.358 e. The minimum atomic E-state index is -0.397. The van der Waals surface area contributed by atoms with Crippen molar-refractivity contribution in [2.45, 2.75) is 51.6 Å². The second-order valence-corrected chi connectivity index (χ2v) is 7.13. The number of rotatable bonds is 2. The zero-order valence-corrected chi connectivity index (χ0v) is 14.5. The van der Waals surface area contributed by atoms with Crippen LogP contribution in [0.5, 0.6) is 0 Å². The van der Waals surface area contributed by atoms with E-state index in [0.29, 0.717) is 30.6 Å². The van der Waals surface area contributed by atoms with Gasteiger partial charge in [0.15, 0.2) is 0 Å². The molecule has 1 fully saturated rings. The van der Waals surface area contributed by atoms with Crippen molar-refractivity contribution in [3.8, 4) is 5.69 Å². The van der Waals surface area contributed by atoms with Gasteiger partial charge >= 0.3 is 5.69 Å². The Morgan fingerprint density at radius 2 is 1.76 bits per heavy atom. The van der Waals surface area contributed by atoms with E-state index in [0.717, 1.165) is 11.3 Å². The first-order chi connectivity index (χ1) is 12.1. The van der Waals surface area contributed by atoms with Gasteiger partial charge in [-0.3, -0.25) is 14.7 Å². The van der Waals surface area contributed by atoms with Gasteiger partial charge in [0.2, 0.25) is 0 Å². The van der Waals surface area contributed by atoms with Gasteiger partial charge in [-0.15, -0.1) is 0 Å². The zero-order chi connectivity index (χ0) is 17.4. The quantitative estimate of drug-likeness (QED) is 0.880. The Hall–Kier alpha value is -2.34. The number of nitrogens with one attached hydrogen (secondary N) is 2. The number of benzene rings is 1. The summed E-state index contributed by atoms with van der Waals surface area (Å²) in [5.41, 5.74) is 1.87. The molecule has 1 aromatic carbocycles. The highest BCUT2D eigenvalue weighted by molar-refractivity contribution is 5.52. The van der Waals surface area contributed by atoms with Crippen LogP contribution in [0.4, 0.5) is 5.82 Å². The summed E-state index contributed by atoms with van der Waals surface area (Å²) in [5, 5.41) is 3.34. The van der Waals surface area contributed by atoms with E-state index in [1.807, 2.05) is 31.2 Å². The Morgan fingerprint density at radius 3 is 2.48 bits per heavy atom. The van der Waals surface area contributed by atoms with Crippen LogP contribution in [0.3, 0.4) is 0 Å². The molecule has 0 spiro atoms. The van der Waals surface area contributed by atoms with E-state index in [4.69, 9.17) is 0 Å². The third-order valence-corrected chi connectivity index (χ3v) is 5.40. The van der Waals surface area contributed by atoms with Gasteiger partial charge in [-0.1, -0.05) is 37.0 Å². The van der Waals surface area contributed by atoms with Gasteiger partial charge in [-0.05, 0) is 31.9 Å². The van der Waals surface area contributed by atoms with Crippen LogP contribution in [0.15, 0.2) is 33.9 Å². The second-order valence-electron chi connectivity index (χ2n) is 7.13. The molecule has 2 aliphatic rings. The first kappa shape index (κ1) is 16.1. The summed E-state index contributed by atoms with van der Waals surface area (Å²) in [4.78, 5) is 29.7. The van der Waals surface area contributed by atoms with E-state index in [-0.39, 0.29) is 5.56 Å². The van der Waals surface area contributed by atoms with Gasteiger partial charge in [0.25, 0.3) is 5.56 Å². The third-order valence-electron chi connectivity index (χ3n) is 5.40. The maximum atomic E-state index is 12.4. The van der Waals surface area contributed by atoms with E-state index in [1.54, 1.807) is 4.57 Å². The fourth-order valence-corrected chi connectivity index (χ4v) is 3.98. The van der Waals surface area contributed by atoms with Crippen molar-refractivity contribution in [3.05, 3.63) is 56.2 Å². The summed E-state index contributed by atoms with van der Waals surface area (Å²) in [6.45, 7) is 3.27. The summed E-state index contributed by atoms with van der Waals surface area (Å²) in [7, 11) is 0. The molecule has 0 unspecified atom stereocenters. The van der Waals surface area contributed by atoms with E-state index in [9.17, 15) is 9.59 Å². The van der Waals surface area contributed by atoms with Crippen LogP contribution in [-0.2, 0) is 6.54 Å². The largest absolute Gasteiger partial charge is 0.358 e. The van der Waals surface area contributed by atoms with Crippen molar-refractivity contribution in [1.82, 2.24) is 14.5 Å². The molecule has 0 bridgehead atoms. The van der Waals surface area contributed by atoms with Crippen molar-refractivity contribution in [3.63, 3.8) is 0 Å². The van der Waals surface area contributed by atoms with Gasteiger partial charge in [0.05, 0.1) is 17.9 Å². The fraction of sp³-hybridized carbons (Fsp3) is 0.474. The summed E-state index contributed by atoms with van der Waals surface area (Å²) in [5.74, 6) is 0.629. The SMILES string of the molecule is Cc1ccc(-n2c3c(c(=O)[nH]c2=O)CN(C2CCCCC2)CN3)cc1. The lowest BCUT2D eigenvalue weighted by Gasteiger charge is -2.38. The van der Waals surface area contributed by atoms with Crippen LogP contribution in [-0.4, -0.2) is 27.2 Å². The maximum absolute atomic E-state index is 12.4. The molecule has 6 heteroatoms. The number of nitrogens with zero attached hydrogens (tertiary/aromatic N) is 2. The maximum Gasteiger partial charge on any atom is 0.334 e. The standard InChI is InChI=1S/C19H24N4O2/c1-13-7-9-15(10-8-13)23-17-16(18(24)21-19(23)25)11-22(12-20-17)14-5-3-2-4-6-14/h7-10,14,20H,2-6,11-12H2,1H3,(H,21,24,25). The van der Waals surface area contributed by atoms with E-state index in [2.05, 4.69) is 15.2 Å². The molecular weight excluding hydrogens is 316 g/mol. The summed E-state index contributed by atoms with van der Waals surface area (Å²) in [6.07, 6.45) is 6.20. The van der Waals surface area contributed by atoms with Gasteiger partial charge in [0.1, 0.15) is 5.82 Å². The number of hydrogen-bond donors (Lipinski definition) is 2. The molecule has 2 aromatic rings. The topological polar surface area (TPSA) is 70.1 Å². The number of hydrogen-bond acceptors (Lipinski definition) is 4. The van der Waals surface area contributed by atoms with Gasteiger partial charge < -0.3 is 5.32 Å². The number of fused-ring (bicyclic) bond motifs is 1. The van der Waals surface area contributed by atoms with E-state index >= 15 is 0 Å². The molecule has 2 heterocycles. The Kier molecular flexibility index (Phi) is 4.21. The molecule has 132 valence electrons. The Bertz CT molecular complexity index is 876. The van der Waals surface area contributed by atoms with Crippen molar-refractivity contribution in [2.24, 2.45) is 0 Å². The molecule has 4 rings (SSSR count). The third kappa shape index (κ3) is 3.02. The van der Waals surface area contributed by atoms with Crippen LogP contribution in [0.1, 0.15) is 43.2 Å². The van der Waals surface area contributed by atoms with Crippen LogP contribution in [0, 0.1) is 6.92 Å². The van der Waals surface area contributed by atoms with Gasteiger partial charge in [0, 0.05) is 12.6 Å². The molecule has 0 atom stereocenters. The lowest BCUT2D eigenvalue weighted by Crippen LogP contribution is -2.47. The first-order valence-corrected chi connectivity index (χ1v) is 9.06. The molecule has 6 nitrogen and oxygen atoms in total. The number of anilines is 1. The van der Waals surface area contributed by atoms with Crippen molar-refractivity contribution >= 4 is 5.82 Å². The molecule has 0 radical (unpaired) electrons. The van der Waals surface area contributed by atoms with Crippen LogP contribution < -0.4 is 16.6 Å². The van der Waals surface area contributed by atoms with Crippen LogP contribution in [0.2, 0.25) is 0 Å². The molecule has 1 aliphatic heterocycles. The van der Waals surface area contributed by atoms with Crippen molar-refractivity contribution in [1.29, 1.82) is 0 Å². The van der Waals surface area contributed by atoms with E-state index in [1.165, 1.54) is 32.1 Å². The molecule has 0 amide bonds. The average Bonchev–Trinajstić information content (AvgIpc) is 2.64. The minimum absolute atomic E-state index is 0.281. The smallest absolute Gasteiger partial charge is 0.334 e. The van der Waals surface area contributed by atoms with Gasteiger partial charge in [-0.2, -0.15) is 0 Å². The fourth-order valence-electron chi connectivity index (χ4n) is 3.98. The highest BCUT2D eigenvalue weighted by atomic mass is 16.2. The molecule has 0 saturated heterocycles. The second kappa shape index (κ2) is 6.52. The molecule has 2 N–H and O–H groups in total. The highest BCUT2D eigenvalue weighted by Gasteiger charge is 2.28. The predicted octanol–water partition coefficient (Wildman–Crippen LogP) is 2.35. The molecule has 25 heavy (non-hydrogen) atoms. The van der Waals surface area contributed by atoms with E-state index < -0.39 is 5.69 Å². The molecule has 1 aliphatic carbocycles. The predicted molar refractivity (Wildman–Crippen MR) is 98.3 cm³/mol. The normalized spacial score (nSPS) is 18.6. The molecular formula is C19H24N4O2. The zero-order valence-electron chi connectivity index (χ0n) is 14.5. The summed E-state index contributed by atoms with van der Waals surface area (Å²) >= 11 is 0. The Labute approximate surface area is 146 Å².